The number of aliphatic hydroxyl groups is 1. The lowest BCUT2D eigenvalue weighted by molar-refractivity contribution is 0.0130. The highest BCUT2D eigenvalue weighted by Crippen LogP contribution is 2.28. The summed E-state index contributed by atoms with van der Waals surface area (Å²) in [5.74, 6) is 0.951. The van der Waals surface area contributed by atoms with Crippen molar-refractivity contribution in [1.82, 2.24) is 24.0 Å². The number of carbonyl (C=O) groups is 1. The van der Waals surface area contributed by atoms with E-state index in [1.54, 1.807) is 21.1 Å². The van der Waals surface area contributed by atoms with Crippen molar-refractivity contribution in [3.05, 3.63) is 16.3 Å². The molecule has 0 aromatic carbocycles. The first-order valence-electron chi connectivity index (χ1n) is 10.3. The Bertz CT molecular complexity index is 1010. The number of amides is 1. The second kappa shape index (κ2) is 7.90. The average Bonchev–Trinajstić information content (AvgIpc) is 2.98. The molecule has 0 bridgehead atoms. The quantitative estimate of drug-likeness (QED) is 0.802. The Morgan fingerprint density at radius 3 is 2.43 bits per heavy atom. The largest absolute Gasteiger partial charge is 0.444 e. The van der Waals surface area contributed by atoms with Crippen LogP contribution in [0.2, 0.25) is 0 Å². The van der Waals surface area contributed by atoms with Crippen LogP contribution < -0.4 is 10.6 Å². The zero-order valence-electron chi connectivity index (χ0n) is 18.8. The fourth-order valence-electron chi connectivity index (χ4n) is 3.91. The Kier molecular flexibility index (Phi) is 5.81. The molecule has 0 unspecified atom stereocenters. The van der Waals surface area contributed by atoms with Crippen LogP contribution in [0.3, 0.4) is 0 Å². The van der Waals surface area contributed by atoms with Crippen LogP contribution in [0.4, 0.5) is 10.6 Å². The van der Waals surface area contributed by atoms with Crippen LogP contribution in [0.25, 0.3) is 11.2 Å². The molecular weight excluding hydrogens is 388 g/mol. The van der Waals surface area contributed by atoms with Crippen LogP contribution in [0.15, 0.2) is 4.79 Å². The van der Waals surface area contributed by atoms with Gasteiger partial charge in [-0.2, -0.15) is 4.98 Å². The van der Waals surface area contributed by atoms with E-state index in [2.05, 4.69) is 9.97 Å². The van der Waals surface area contributed by atoms with Crippen LogP contribution in [0, 0.1) is 0 Å². The lowest BCUT2D eigenvalue weighted by Crippen LogP contribution is -2.59. The molecule has 2 aromatic rings. The highest BCUT2D eigenvalue weighted by molar-refractivity contribution is 5.85. The molecule has 0 aliphatic carbocycles. The van der Waals surface area contributed by atoms with Gasteiger partial charge in [0.25, 0.3) is 0 Å². The van der Waals surface area contributed by atoms with Crippen LogP contribution in [-0.4, -0.2) is 66.0 Å². The summed E-state index contributed by atoms with van der Waals surface area (Å²) in [7, 11) is 1.78. The molecule has 1 saturated heterocycles. The van der Waals surface area contributed by atoms with Gasteiger partial charge in [-0.15, -0.1) is 0 Å². The van der Waals surface area contributed by atoms with E-state index < -0.39 is 5.60 Å². The third kappa shape index (κ3) is 3.88. The van der Waals surface area contributed by atoms with Crippen LogP contribution in [-0.2, 0) is 24.9 Å². The Hall–Kier alpha value is -2.62. The maximum absolute atomic E-state index is 12.7. The van der Waals surface area contributed by atoms with E-state index >= 15 is 0 Å². The monoisotopic (exact) mass is 420 g/mol. The van der Waals surface area contributed by atoms with Gasteiger partial charge in [0.15, 0.2) is 5.82 Å². The summed E-state index contributed by atoms with van der Waals surface area (Å²) >= 11 is 0. The normalized spacial score (nSPS) is 20.1. The summed E-state index contributed by atoms with van der Waals surface area (Å²) in [5.41, 5.74) is 0.283. The molecule has 1 aliphatic rings. The second-order valence-electron chi connectivity index (χ2n) is 8.86. The molecule has 30 heavy (non-hydrogen) atoms. The minimum atomic E-state index is -0.565. The molecule has 2 aromatic heterocycles. The first-order valence-corrected chi connectivity index (χ1v) is 10.3. The molecule has 1 amide bonds. The van der Waals surface area contributed by atoms with Crippen LogP contribution >= 0.6 is 0 Å². The van der Waals surface area contributed by atoms with Gasteiger partial charge in [0.1, 0.15) is 29.2 Å². The molecule has 3 heterocycles. The molecule has 1 fully saturated rings. The SMILES string of the molecule is CCn1c(=O)nc(N2C[C@@H](C)N(C(=O)OC(C)(C)C)C[C@@H]2C)c2nc(CO)n(C)c21. The lowest BCUT2D eigenvalue weighted by Gasteiger charge is -2.44. The van der Waals surface area contributed by atoms with Crippen LogP contribution in [0.5, 0.6) is 0 Å². The standard InChI is InChI=1S/C20H32N6O4/c1-8-24-17-15(21-14(11-27)23(17)7)16(22-18(24)28)25-9-13(3)26(10-12(25)2)19(29)30-20(4,5)6/h12-13,27H,8-11H2,1-7H3/t12-,13+/m0/s1. The second-order valence-corrected chi connectivity index (χ2v) is 8.86. The number of imidazole rings is 1. The van der Waals surface area contributed by atoms with E-state index in [0.29, 0.717) is 42.4 Å². The van der Waals surface area contributed by atoms with Gasteiger partial charge < -0.3 is 24.2 Å². The van der Waals surface area contributed by atoms with E-state index in [-0.39, 0.29) is 30.5 Å². The van der Waals surface area contributed by atoms with Gasteiger partial charge in [0, 0.05) is 38.8 Å². The number of hydrogen-bond donors (Lipinski definition) is 1. The van der Waals surface area contributed by atoms with E-state index in [9.17, 15) is 14.7 Å². The summed E-state index contributed by atoms with van der Waals surface area (Å²) in [4.78, 5) is 38.0. The number of nitrogens with zero attached hydrogens (tertiary/aromatic N) is 6. The first kappa shape index (κ1) is 22.1. The third-order valence-electron chi connectivity index (χ3n) is 5.40. The smallest absolute Gasteiger partial charge is 0.410 e. The predicted molar refractivity (Wildman–Crippen MR) is 114 cm³/mol. The first-order chi connectivity index (χ1) is 14.0. The Balaban J connectivity index is 2.01. The Labute approximate surface area is 176 Å². The zero-order valence-corrected chi connectivity index (χ0v) is 18.8. The molecule has 0 saturated carbocycles. The number of aliphatic hydroxyl groups excluding tert-OH is 1. The molecule has 10 heteroatoms. The molecular formula is C20H32N6O4. The highest BCUT2D eigenvalue weighted by atomic mass is 16.6. The van der Waals surface area contributed by atoms with Crippen molar-refractivity contribution >= 4 is 23.1 Å². The Morgan fingerprint density at radius 1 is 1.20 bits per heavy atom. The van der Waals surface area contributed by atoms with Crippen molar-refractivity contribution in [2.45, 2.75) is 72.4 Å². The number of piperazine rings is 1. The van der Waals surface area contributed by atoms with E-state index in [1.165, 1.54) is 0 Å². The van der Waals surface area contributed by atoms with Gasteiger partial charge in [-0.05, 0) is 41.5 Å². The third-order valence-corrected chi connectivity index (χ3v) is 5.40. The number of aryl methyl sites for hydroxylation is 2. The van der Waals surface area contributed by atoms with Gasteiger partial charge >= 0.3 is 11.8 Å². The predicted octanol–water partition coefficient (Wildman–Crippen LogP) is 1.48. The van der Waals surface area contributed by atoms with Crippen molar-refractivity contribution in [2.24, 2.45) is 7.05 Å². The van der Waals surface area contributed by atoms with Gasteiger partial charge in [0.2, 0.25) is 0 Å². The van der Waals surface area contributed by atoms with Crippen molar-refractivity contribution in [3.8, 4) is 0 Å². The number of fused-ring (bicyclic) bond motifs is 1. The summed E-state index contributed by atoms with van der Waals surface area (Å²) in [6.07, 6.45) is -0.346. The van der Waals surface area contributed by atoms with Gasteiger partial charge in [0.05, 0.1) is 0 Å². The van der Waals surface area contributed by atoms with Crippen molar-refractivity contribution in [1.29, 1.82) is 0 Å². The Morgan fingerprint density at radius 2 is 1.87 bits per heavy atom. The summed E-state index contributed by atoms with van der Waals surface area (Å²) in [6.45, 7) is 12.5. The average molecular weight is 421 g/mol. The summed E-state index contributed by atoms with van der Waals surface area (Å²) < 4.78 is 8.83. The molecule has 2 atom stereocenters. The molecule has 166 valence electrons. The molecule has 0 radical (unpaired) electrons. The number of hydrogen-bond acceptors (Lipinski definition) is 7. The van der Waals surface area contributed by atoms with E-state index in [0.717, 1.165) is 0 Å². The van der Waals surface area contributed by atoms with Crippen molar-refractivity contribution < 1.29 is 14.6 Å². The number of rotatable bonds is 3. The van der Waals surface area contributed by atoms with Gasteiger partial charge in [-0.25, -0.2) is 14.6 Å². The van der Waals surface area contributed by atoms with Gasteiger partial charge in [-0.3, -0.25) is 4.57 Å². The topological polar surface area (TPSA) is 106 Å². The fourth-order valence-corrected chi connectivity index (χ4v) is 3.91. The molecule has 1 N–H and O–H groups in total. The summed E-state index contributed by atoms with van der Waals surface area (Å²) in [6, 6.07) is -0.233. The van der Waals surface area contributed by atoms with E-state index in [4.69, 9.17) is 4.74 Å². The number of aromatic nitrogens is 4. The molecule has 10 nitrogen and oxygen atoms in total. The lowest BCUT2D eigenvalue weighted by atomic mass is 10.1. The minimum absolute atomic E-state index is 0.0964. The van der Waals surface area contributed by atoms with Crippen molar-refractivity contribution in [2.75, 3.05) is 18.0 Å². The molecule has 1 aliphatic heterocycles. The zero-order chi connectivity index (χ0) is 22.4. The molecule has 0 spiro atoms. The van der Waals surface area contributed by atoms with Gasteiger partial charge in [-0.1, -0.05) is 0 Å². The highest BCUT2D eigenvalue weighted by Gasteiger charge is 2.36. The molecule has 3 rings (SSSR count). The maximum Gasteiger partial charge on any atom is 0.410 e. The summed E-state index contributed by atoms with van der Waals surface area (Å²) in [5, 5.41) is 9.67. The number of ether oxygens (including phenoxy) is 1. The number of anilines is 1. The van der Waals surface area contributed by atoms with Crippen molar-refractivity contribution in [3.63, 3.8) is 0 Å². The fraction of sp³-hybridized carbons (Fsp3) is 0.700. The van der Waals surface area contributed by atoms with Crippen LogP contribution in [0.1, 0.15) is 47.4 Å². The maximum atomic E-state index is 12.7. The van der Waals surface area contributed by atoms with E-state index in [1.807, 2.05) is 46.4 Å². The minimum Gasteiger partial charge on any atom is -0.444 e. The number of carbonyl (C=O) groups excluding carboxylic acids is 1.